The lowest BCUT2D eigenvalue weighted by atomic mass is 9.67. The number of fused-ring (bicyclic) bond motifs is 4. The van der Waals surface area contributed by atoms with E-state index in [0.29, 0.717) is 59.6 Å². The van der Waals surface area contributed by atoms with Crippen molar-refractivity contribution in [3.05, 3.63) is 22.7 Å². The first kappa shape index (κ1) is 23.7. The number of anilines is 1. The second-order valence-electron chi connectivity index (χ2n) is 12.2. The van der Waals surface area contributed by atoms with Gasteiger partial charge in [0.1, 0.15) is 10.9 Å². The fourth-order valence-corrected chi connectivity index (χ4v) is 8.51. The number of nitrogens with zero attached hydrogens (tertiary/aromatic N) is 4. The summed E-state index contributed by atoms with van der Waals surface area (Å²) in [5, 5.41) is 14.0. The van der Waals surface area contributed by atoms with Gasteiger partial charge in [-0.15, -0.1) is 11.3 Å². The molecular weight excluding hydrogens is 499 g/mol. The Morgan fingerprint density at radius 2 is 2.00 bits per heavy atom. The van der Waals surface area contributed by atoms with E-state index in [4.69, 9.17) is 0 Å². The van der Waals surface area contributed by atoms with Crippen molar-refractivity contribution < 1.29 is 18.0 Å². The van der Waals surface area contributed by atoms with Crippen molar-refractivity contribution in [2.45, 2.75) is 63.2 Å². The lowest BCUT2D eigenvalue weighted by molar-refractivity contribution is -0.152. The molecule has 6 aliphatic rings. The number of amides is 1. The number of hydrogen-bond acceptors (Lipinski definition) is 6. The predicted molar refractivity (Wildman–Crippen MR) is 134 cm³/mol. The highest BCUT2D eigenvalue weighted by Gasteiger charge is 2.56. The number of likely N-dealkylation sites (tertiary alicyclic amines) is 1. The summed E-state index contributed by atoms with van der Waals surface area (Å²) in [6.07, 6.45) is 3.80. The number of carbonyl (C=O) groups is 1. The summed E-state index contributed by atoms with van der Waals surface area (Å²) in [6.45, 7) is 2.82. The van der Waals surface area contributed by atoms with Gasteiger partial charge in [0.2, 0.25) is 5.91 Å². The number of halogens is 3. The van der Waals surface area contributed by atoms with Crippen LogP contribution in [0.1, 0.15) is 49.0 Å². The van der Waals surface area contributed by atoms with Gasteiger partial charge in [-0.1, -0.05) is 12.8 Å². The van der Waals surface area contributed by atoms with E-state index in [9.17, 15) is 23.2 Å². The molecule has 6 nitrogen and oxygen atoms in total. The van der Waals surface area contributed by atoms with E-state index in [2.05, 4.69) is 21.3 Å². The molecule has 2 saturated carbocycles. The third-order valence-electron chi connectivity index (χ3n) is 9.30. The number of nitrogens with one attached hydrogen (secondary N) is 1. The molecule has 2 bridgehead atoms. The number of carbonyl (C=O) groups excluding carboxylic acids is 1. The summed E-state index contributed by atoms with van der Waals surface area (Å²) in [4.78, 5) is 22.4. The minimum Gasteiger partial charge on any atom is -0.368 e. The van der Waals surface area contributed by atoms with Gasteiger partial charge in [-0.2, -0.15) is 18.4 Å². The highest BCUT2D eigenvalue weighted by Crippen LogP contribution is 2.48. The quantitative estimate of drug-likeness (QED) is 0.619. The third-order valence-corrected chi connectivity index (χ3v) is 10.3. The van der Waals surface area contributed by atoms with E-state index in [-0.39, 0.29) is 22.2 Å². The van der Waals surface area contributed by atoms with Crippen LogP contribution in [-0.4, -0.2) is 60.2 Å². The molecule has 4 saturated heterocycles. The first-order valence-electron chi connectivity index (χ1n) is 13.4. The average Bonchev–Trinajstić information content (AvgIpc) is 3.53. The number of aromatic nitrogens is 1. The van der Waals surface area contributed by atoms with Crippen LogP contribution in [0.25, 0.3) is 10.2 Å². The molecule has 0 aromatic carbocycles. The number of rotatable bonds is 5. The molecule has 4 atom stereocenters. The van der Waals surface area contributed by atoms with E-state index < -0.39 is 12.6 Å². The van der Waals surface area contributed by atoms with Crippen molar-refractivity contribution in [1.29, 1.82) is 5.26 Å². The van der Waals surface area contributed by atoms with Gasteiger partial charge in [0.25, 0.3) is 0 Å². The first-order chi connectivity index (χ1) is 17.7. The van der Waals surface area contributed by atoms with Crippen LogP contribution < -0.4 is 10.2 Å². The Morgan fingerprint density at radius 3 is 2.65 bits per heavy atom. The van der Waals surface area contributed by atoms with E-state index in [1.807, 2.05) is 4.90 Å². The van der Waals surface area contributed by atoms with Gasteiger partial charge in [0, 0.05) is 54.1 Å². The summed E-state index contributed by atoms with van der Waals surface area (Å²) in [5.41, 5.74) is 1.07. The Balaban J connectivity index is 1.01. The topological polar surface area (TPSA) is 72.3 Å². The molecule has 6 heterocycles. The molecule has 4 aliphatic heterocycles. The second kappa shape index (κ2) is 8.31. The number of thiophene rings is 1. The van der Waals surface area contributed by atoms with Crippen LogP contribution in [0.5, 0.6) is 0 Å². The predicted octanol–water partition coefficient (Wildman–Crippen LogP) is 4.48. The minimum atomic E-state index is -4.29. The summed E-state index contributed by atoms with van der Waals surface area (Å²) < 4.78 is 38.9. The van der Waals surface area contributed by atoms with Crippen LogP contribution in [0.2, 0.25) is 0 Å². The van der Waals surface area contributed by atoms with Crippen LogP contribution in [0, 0.1) is 34.5 Å². The maximum absolute atomic E-state index is 13.4. The second-order valence-corrected chi connectivity index (χ2v) is 13.3. The Bertz CT molecular complexity index is 1280. The fourth-order valence-electron chi connectivity index (χ4n) is 7.48. The van der Waals surface area contributed by atoms with E-state index in [1.165, 1.54) is 38.3 Å². The monoisotopic (exact) mass is 529 g/mol. The molecule has 0 unspecified atom stereocenters. The van der Waals surface area contributed by atoms with E-state index in [0.717, 1.165) is 29.6 Å². The molecular formula is C27H30F3N5OS. The molecule has 37 heavy (non-hydrogen) atoms. The SMILES string of the molecule is N#Cc1cnc2sc(CC(F)(F)F)cc2c1N1CC2(CN(C(=O)[C@H]3N[C@H]4CC[C@@H]3C[C@H]4CC3CC3)C2)C1. The smallest absolute Gasteiger partial charge is 0.368 e. The zero-order chi connectivity index (χ0) is 25.5. The van der Waals surface area contributed by atoms with Crippen molar-refractivity contribution in [2.24, 2.45) is 23.2 Å². The van der Waals surface area contributed by atoms with Crippen LogP contribution in [0.4, 0.5) is 18.9 Å². The molecule has 6 fully saturated rings. The number of nitriles is 1. The van der Waals surface area contributed by atoms with Crippen molar-refractivity contribution >= 4 is 33.1 Å². The number of piperidine rings is 2. The zero-order valence-corrected chi connectivity index (χ0v) is 21.4. The van der Waals surface area contributed by atoms with Gasteiger partial charge in [-0.25, -0.2) is 4.98 Å². The number of pyridine rings is 1. The summed E-state index contributed by atoms with van der Waals surface area (Å²) in [5.74, 6) is 2.34. The van der Waals surface area contributed by atoms with Gasteiger partial charge in [-0.3, -0.25) is 4.79 Å². The Morgan fingerprint density at radius 1 is 1.22 bits per heavy atom. The minimum absolute atomic E-state index is 0.00495. The third kappa shape index (κ3) is 4.19. The standard InChI is InChI=1S/C27H30F3N5OS/c28-27(29,30)8-19-7-20-23(18(9-31)10-32-24(20)37-19)34-11-26(12-34)13-35(14-26)25(36)22-16-3-4-21(33-22)17(6-16)5-15-1-2-15/h7,10,15-17,21-22,33H,1-6,8,11-14H2/t16-,17-,21+,22+/m1/s1. The molecule has 1 N–H and O–H groups in total. The van der Waals surface area contributed by atoms with Crippen LogP contribution in [0.3, 0.4) is 0 Å². The van der Waals surface area contributed by atoms with Crippen LogP contribution in [0.15, 0.2) is 12.3 Å². The molecule has 8 rings (SSSR count). The number of alkyl halides is 3. The average molecular weight is 530 g/mol. The van der Waals surface area contributed by atoms with Crippen molar-refractivity contribution in [3.8, 4) is 6.07 Å². The fraction of sp³-hybridized carbons (Fsp3) is 0.667. The summed E-state index contributed by atoms with van der Waals surface area (Å²) in [7, 11) is 0. The van der Waals surface area contributed by atoms with Crippen molar-refractivity contribution in [3.63, 3.8) is 0 Å². The summed E-state index contributed by atoms with van der Waals surface area (Å²) >= 11 is 1.03. The molecule has 10 heteroatoms. The molecule has 2 aromatic rings. The molecule has 1 amide bonds. The van der Waals surface area contributed by atoms with Gasteiger partial charge in [0.05, 0.1) is 23.7 Å². The maximum atomic E-state index is 13.4. The Hall–Kier alpha value is -2.38. The normalized spacial score (nSPS) is 30.3. The number of hydrogen-bond donors (Lipinski definition) is 1. The van der Waals surface area contributed by atoms with Crippen molar-refractivity contribution in [1.82, 2.24) is 15.2 Å². The molecule has 2 aliphatic carbocycles. The lowest BCUT2D eigenvalue weighted by Crippen LogP contribution is -2.75. The highest BCUT2D eigenvalue weighted by atomic mass is 32.1. The van der Waals surface area contributed by atoms with E-state index >= 15 is 0 Å². The van der Waals surface area contributed by atoms with Gasteiger partial charge in [-0.05, 0) is 49.5 Å². The Labute approximate surface area is 217 Å². The lowest BCUT2D eigenvalue weighted by Gasteiger charge is -2.62. The van der Waals surface area contributed by atoms with E-state index in [1.54, 1.807) is 6.07 Å². The summed E-state index contributed by atoms with van der Waals surface area (Å²) in [6, 6.07) is 4.14. The van der Waals surface area contributed by atoms with Gasteiger partial charge >= 0.3 is 6.18 Å². The largest absolute Gasteiger partial charge is 0.393 e. The molecule has 0 radical (unpaired) electrons. The van der Waals surface area contributed by atoms with Gasteiger partial charge in [0.15, 0.2) is 0 Å². The highest BCUT2D eigenvalue weighted by molar-refractivity contribution is 7.18. The van der Waals surface area contributed by atoms with Gasteiger partial charge < -0.3 is 15.1 Å². The zero-order valence-electron chi connectivity index (χ0n) is 20.6. The van der Waals surface area contributed by atoms with Crippen LogP contribution >= 0.6 is 11.3 Å². The van der Waals surface area contributed by atoms with Crippen LogP contribution in [-0.2, 0) is 11.2 Å². The molecule has 196 valence electrons. The van der Waals surface area contributed by atoms with Crippen molar-refractivity contribution in [2.75, 3.05) is 31.1 Å². The Kier molecular flexibility index (Phi) is 5.33. The maximum Gasteiger partial charge on any atom is 0.393 e. The first-order valence-corrected chi connectivity index (χ1v) is 14.2. The molecule has 1 spiro atoms. The molecule has 2 aromatic heterocycles.